The number of aliphatic hydroxyl groups is 1. The van der Waals surface area contributed by atoms with Crippen molar-refractivity contribution in [2.24, 2.45) is 5.92 Å². The number of ether oxygens (including phenoxy) is 1. The number of aryl methyl sites for hydroxylation is 1. The van der Waals surface area contributed by atoms with Crippen molar-refractivity contribution in [3.8, 4) is 11.3 Å². The van der Waals surface area contributed by atoms with Gasteiger partial charge in [-0.25, -0.2) is 9.78 Å². The number of carbonyl (C=O) groups excluding carboxylic acids is 1. The molecule has 0 aliphatic carbocycles. The van der Waals surface area contributed by atoms with Crippen LogP contribution >= 0.6 is 0 Å². The number of amides is 2. The number of hydrogen-bond acceptors (Lipinski definition) is 7. The molecule has 9 nitrogen and oxygen atoms in total. The Labute approximate surface area is 201 Å². The molecular formula is C25H36N6O3. The van der Waals surface area contributed by atoms with Crippen molar-refractivity contribution >= 4 is 23.5 Å². The lowest BCUT2D eigenvalue weighted by atomic mass is 10.0. The number of rotatable bonds is 7. The fourth-order valence-corrected chi connectivity index (χ4v) is 4.39. The fourth-order valence-electron chi connectivity index (χ4n) is 4.39. The molecule has 2 aromatic rings. The van der Waals surface area contributed by atoms with Crippen LogP contribution in [0.2, 0.25) is 0 Å². The van der Waals surface area contributed by atoms with Crippen LogP contribution in [0.1, 0.15) is 32.3 Å². The first-order valence-electron chi connectivity index (χ1n) is 12.2. The summed E-state index contributed by atoms with van der Waals surface area (Å²) in [4.78, 5) is 26.3. The van der Waals surface area contributed by atoms with Crippen molar-refractivity contribution in [1.82, 2.24) is 14.9 Å². The zero-order chi connectivity index (χ0) is 24.1. The van der Waals surface area contributed by atoms with Crippen LogP contribution in [-0.4, -0.2) is 78.0 Å². The van der Waals surface area contributed by atoms with E-state index in [-0.39, 0.29) is 18.7 Å². The largest absolute Gasteiger partial charge is 0.394 e. The Morgan fingerprint density at radius 1 is 1.24 bits per heavy atom. The Bertz CT molecular complexity index is 995. The predicted molar refractivity (Wildman–Crippen MR) is 134 cm³/mol. The van der Waals surface area contributed by atoms with Crippen LogP contribution in [0.15, 0.2) is 24.3 Å². The Morgan fingerprint density at radius 3 is 2.74 bits per heavy atom. The quantitative estimate of drug-likeness (QED) is 0.573. The third-order valence-electron chi connectivity index (χ3n) is 6.61. The summed E-state index contributed by atoms with van der Waals surface area (Å²) in [5.41, 5.74) is 3.50. The molecule has 4 rings (SSSR count). The van der Waals surface area contributed by atoms with Crippen LogP contribution in [-0.2, 0) is 4.74 Å². The molecule has 3 heterocycles. The summed E-state index contributed by atoms with van der Waals surface area (Å²) >= 11 is 0. The van der Waals surface area contributed by atoms with Crippen molar-refractivity contribution in [2.75, 3.05) is 61.5 Å². The molecule has 0 saturated carbocycles. The lowest BCUT2D eigenvalue weighted by molar-refractivity contribution is 0.122. The number of benzene rings is 1. The number of likely N-dealkylation sites (tertiary alicyclic amines) is 1. The van der Waals surface area contributed by atoms with Crippen LogP contribution in [0.3, 0.4) is 0 Å². The maximum atomic E-state index is 12.8. The third-order valence-corrected chi connectivity index (χ3v) is 6.61. The maximum Gasteiger partial charge on any atom is 0.321 e. The monoisotopic (exact) mass is 468 g/mol. The molecule has 2 atom stereocenters. The molecule has 0 radical (unpaired) electrons. The number of morpholine rings is 1. The van der Waals surface area contributed by atoms with Gasteiger partial charge in [0.25, 0.3) is 0 Å². The van der Waals surface area contributed by atoms with Crippen molar-refractivity contribution in [2.45, 2.75) is 39.7 Å². The number of carbonyl (C=O) groups is 1. The van der Waals surface area contributed by atoms with E-state index in [2.05, 4.69) is 22.5 Å². The lowest BCUT2D eigenvalue weighted by Crippen LogP contribution is -2.37. The van der Waals surface area contributed by atoms with Crippen LogP contribution < -0.4 is 15.5 Å². The smallest absolute Gasteiger partial charge is 0.321 e. The standard InChI is InChI=1S/C25H36N6O3/c1-4-19-7-8-31(15-19)25(33)27-20-6-5-17(2)21(13-20)22-14-23(30-9-11-34-12-10-30)29-24(28-22)26-18(3)16-32/h5-6,13-14,18-19,32H,4,7-12,15-16H2,1-3H3,(H,27,33)(H,26,28,29)/t18-,19-/m1/s1. The van der Waals surface area contributed by atoms with Gasteiger partial charge < -0.3 is 30.3 Å². The number of aliphatic hydroxyl groups excluding tert-OH is 1. The molecule has 3 N–H and O–H groups in total. The molecule has 0 unspecified atom stereocenters. The highest BCUT2D eigenvalue weighted by atomic mass is 16.5. The number of aromatic nitrogens is 2. The number of anilines is 3. The van der Waals surface area contributed by atoms with E-state index in [0.717, 1.165) is 67.3 Å². The van der Waals surface area contributed by atoms with Crippen molar-refractivity contribution in [1.29, 1.82) is 0 Å². The van der Waals surface area contributed by atoms with Crippen LogP contribution in [0, 0.1) is 12.8 Å². The topological polar surface area (TPSA) is 103 Å². The average Bonchev–Trinajstić information content (AvgIpc) is 3.35. The van der Waals surface area contributed by atoms with Crippen molar-refractivity contribution in [3.05, 3.63) is 29.8 Å². The van der Waals surface area contributed by atoms with Gasteiger partial charge in [-0.1, -0.05) is 19.4 Å². The molecule has 2 aliphatic heterocycles. The minimum atomic E-state index is -0.174. The van der Waals surface area contributed by atoms with E-state index in [1.807, 2.05) is 43.0 Å². The Balaban J connectivity index is 1.61. The first-order chi connectivity index (χ1) is 16.5. The van der Waals surface area contributed by atoms with E-state index in [9.17, 15) is 9.90 Å². The third kappa shape index (κ3) is 5.77. The van der Waals surface area contributed by atoms with E-state index in [4.69, 9.17) is 14.7 Å². The minimum absolute atomic E-state index is 0.0175. The average molecular weight is 469 g/mol. The van der Waals surface area contributed by atoms with Crippen LogP contribution in [0.5, 0.6) is 0 Å². The van der Waals surface area contributed by atoms with Gasteiger partial charge in [0.15, 0.2) is 0 Å². The van der Waals surface area contributed by atoms with E-state index in [1.54, 1.807) is 0 Å². The Kier molecular flexibility index (Phi) is 7.84. The molecule has 2 amide bonds. The molecule has 0 spiro atoms. The first kappa shape index (κ1) is 24.2. The Morgan fingerprint density at radius 2 is 2.03 bits per heavy atom. The second-order valence-electron chi connectivity index (χ2n) is 9.23. The summed E-state index contributed by atoms with van der Waals surface area (Å²) in [5, 5.41) is 15.8. The molecule has 9 heteroatoms. The fraction of sp³-hybridized carbons (Fsp3) is 0.560. The van der Waals surface area contributed by atoms with Crippen molar-refractivity contribution in [3.63, 3.8) is 0 Å². The number of hydrogen-bond donors (Lipinski definition) is 3. The van der Waals surface area contributed by atoms with Crippen LogP contribution in [0.4, 0.5) is 22.2 Å². The second kappa shape index (κ2) is 11.0. The predicted octanol–water partition coefficient (Wildman–Crippen LogP) is 3.35. The molecule has 2 aliphatic rings. The molecule has 2 fully saturated rings. The maximum absolute atomic E-state index is 12.8. The zero-order valence-electron chi connectivity index (χ0n) is 20.4. The lowest BCUT2D eigenvalue weighted by Gasteiger charge is -2.28. The summed E-state index contributed by atoms with van der Waals surface area (Å²) in [6.07, 6.45) is 2.17. The normalized spacial score (nSPS) is 19.2. The summed E-state index contributed by atoms with van der Waals surface area (Å²) in [6.45, 7) is 10.5. The van der Waals surface area contributed by atoms with E-state index < -0.39 is 0 Å². The van der Waals surface area contributed by atoms with Gasteiger partial charge >= 0.3 is 6.03 Å². The number of nitrogens with one attached hydrogen (secondary N) is 2. The summed E-state index contributed by atoms with van der Waals surface area (Å²) in [6, 6.07) is 7.67. The summed E-state index contributed by atoms with van der Waals surface area (Å²) in [5.74, 6) is 1.88. The van der Waals surface area contributed by atoms with Crippen LogP contribution in [0.25, 0.3) is 11.3 Å². The number of nitrogens with zero attached hydrogens (tertiary/aromatic N) is 4. The summed E-state index contributed by atoms with van der Waals surface area (Å²) in [7, 11) is 0. The molecule has 0 bridgehead atoms. The van der Waals surface area contributed by atoms with Gasteiger partial charge in [-0.2, -0.15) is 4.98 Å². The van der Waals surface area contributed by atoms with E-state index in [1.165, 1.54) is 0 Å². The molecule has 184 valence electrons. The SMILES string of the molecule is CC[C@@H]1CCN(C(=O)Nc2ccc(C)c(-c3cc(N4CCOCC4)nc(N[C@H](C)CO)n3)c2)C1. The molecule has 34 heavy (non-hydrogen) atoms. The molecule has 1 aromatic carbocycles. The zero-order valence-corrected chi connectivity index (χ0v) is 20.4. The molecular weight excluding hydrogens is 432 g/mol. The Hall–Kier alpha value is -2.91. The highest BCUT2D eigenvalue weighted by Gasteiger charge is 2.25. The highest BCUT2D eigenvalue weighted by Crippen LogP contribution is 2.30. The van der Waals surface area contributed by atoms with Gasteiger partial charge in [0.05, 0.1) is 25.5 Å². The first-order valence-corrected chi connectivity index (χ1v) is 12.2. The molecule has 2 saturated heterocycles. The minimum Gasteiger partial charge on any atom is -0.394 e. The number of urea groups is 1. The van der Waals surface area contributed by atoms with E-state index in [0.29, 0.717) is 25.1 Å². The van der Waals surface area contributed by atoms with E-state index >= 15 is 0 Å². The van der Waals surface area contributed by atoms with Crippen molar-refractivity contribution < 1.29 is 14.6 Å². The van der Waals surface area contributed by atoms with Gasteiger partial charge in [0, 0.05) is 49.5 Å². The second-order valence-corrected chi connectivity index (χ2v) is 9.23. The van der Waals surface area contributed by atoms with Gasteiger partial charge in [-0.05, 0) is 43.9 Å². The van der Waals surface area contributed by atoms with Gasteiger partial charge in [0.1, 0.15) is 5.82 Å². The van der Waals surface area contributed by atoms with Gasteiger partial charge in [-0.3, -0.25) is 0 Å². The van der Waals surface area contributed by atoms with Gasteiger partial charge in [-0.15, -0.1) is 0 Å². The highest BCUT2D eigenvalue weighted by molar-refractivity contribution is 5.90. The molecule has 1 aromatic heterocycles. The van der Waals surface area contributed by atoms with Gasteiger partial charge in [0.2, 0.25) is 5.95 Å². The summed E-state index contributed by atoms with van der Waals surface area (Å²) < 4.78 is 5.50.